The highest BCUT2D eigenvalue weighted by Crippen LogP contribution is 2.47. The van der Waals surface area contributed by atoms with Gasteiger partial charge in [-0.15, -0.1) is 23.4 Å². The van der Waals surface area contributed by atoms with E-state index in [2.05, 4.69) is 31.3 Å². The van der Waals surface area contributed by atoms with E-state index in [4.69, 9.17) is 11.6 Å². The Hall–Kier alpha value is -1.78. The molecule has 1 aliphatic carbocycles. The van der Waals surface area contributed by atoms with E-state index in [-0.39, 0.29) is 17.1 Å². The summed E-state index contributed by atoms with van der Waals surface area (Å²) in [6.07, 6.45) is 1.30. The van der Waals surface area contributed by atoms with Crippen LogP contribution in [0.4, 0.5) is 10.1 Å². The van der Waals surface area contributed by atoms with Crippen LogP contribution in [-0.4, -0.2) is 16.0 Å². The summed E-state index contributed by atoms with van der Waals surface area (Å²) in [6.45, 7) is 4.15. The van der Waals surface area contributed by atoms with E-state index in [1.165, 1.54) is 23.3 Å². The number of anilines is 1. The predicted molar refractivity (Wildman–Crippen MR) is 113 cm³/mol. The average molecular weight is 404 g/mol. The second kappa shape index (κ2) is 8.49. The zero-order valence-corrected chi connectivity index (χ0v) is 17.0. The largest absolute Gasteiger partial charge is 0.325 e. The molecule has 3 rings (SSSR count). The maximum Gasteiger partial charge on any atom is 0.242 e. The highest BCUT2D eigenvalue weighted by Gasteiger charge is 2.48. The summed E-state index contributed by atoms with van der Waals surface area (Å²) in [4.78, 5) is 13.3. The smallest absolute Gasteiger partial charge is 0.242 e. The van der Waals surface area contributed by atoms with Crippen molar-refractivity contribution in [1.82, 2.24) is 0 Å². The van der Waals surface area contributed by atoms with Gasteiger partial charge in [0.05, 0.1) is 5.38 Å². The Morgan fingerprint density at radius 3 is 2.48 bits per heavy atom. The molecular weight excluding hydrogens is 381 g/mol. The van der Waals surface area contributed by atoms with Gasteiger partial charge in [0.1, 0.15) is 10.6 Å². The van der Waals surface area contributed by atoms with Gasteiger partial charge in [0, 0.05) is 11.4 Å². The number of amides is 1. The van der Waals surface area contributed by atoms with Crippen molar-refractivity contribution in [2.24, 2.45) is 0 Å². The molecule has 0 aromatic heterocycles. The van der Waals surface area contributed by atoms with E-state index in [0.717, 1.165) is 5.56 Å². The van der Waals surface area contributed by atoms with E-state index in [1.807, 2.05) is 18.2 Å². The molecule has 0 fully saturated rings. The highest BCUT2D eigenvalue weighted by atomic mass is 35.5. The lowest BCUT2D eigenvalue weighted by atomic mass is 9.83. The van der Waals surface area contributed by atoms with Crippen molar-refractivity contribution in [3.8, 4) is 0 Å². The molecule has 142 valence electrons. The van der Waals surface area contributed by atoms with Crippen LogP contribution in [0.15, 0.2) is 65.7 Å². The molecule has 0 aliphatic heterocycles. The number of thioether (sulfide) groups is 1. The van der Waals surface area contributed by atoms with Gasteiger partial charge >= 0.3 is 0 Å². The summed E-state index contributed by atoms with van der Waals surface area (Å²) >= 11 is 8.37. The van der Waals surface area contributed by atoms with Gasteiger partial charge in [-0.25, -0.2) is 4.39 Å². The fraction of sp³-hybridized carbons (Fsp3) is 0.318. The molecule has 0 saturated heterocycles. The third-order valence-electron chi connectivity index (χ3n) is 5.07. The molecule has 5 heteroatoms. The summed E-state index contributed by atoms with van der Waals surface area (Å²) in [5.41, 5.74) is 4.19. The summed E-state index contributed by atoms with van der Waals surface area (Å²) in [7, 11) is 0. The third-order valence-corrected chi connectivity index (χ3v) is 7.34. The minimum Gasteiger partial charge on any atom is -0.325 e. The van der Waals surface area contributed by atoms with Crippen LogP contribution in [0.2, 0.25) is 0 Å². The Balaban J connectivity index is 1.87. The van der Waals surface area contributed by atoms with Gasteiger partial charge in [0.15, 0.2) is 0 Å². The molecule has 2 nitrogen and oxygen atoms in total. The average Bonchev–Trinajstić information content (AvgIpc) is 2.66. The van der Waals surface area contributed by atoms with Crippen molar-refractivity contribution in [2.75, 3.05) is 5.32 Å². The lowest BCUT2D eigenvalue weighted by molar-refractivity contribution is -0.118. The molecule has 1 N–H and O–H groups in total. The standard InChI is InChI=1S/C22H23ClFNOS/c1-15-12-20(23)22(13-16(15)2,27-14-17-6-4-3-5-7-17)21(26)25-19-10-8-18(24)9-11-19/h3-11,20H,12-14H2,1-2H3,(H,25,26)/t20-,22+/m0/s1. The number of alkyl halides is 1. The number of halogens is 2. The van der Waals surface area contributed by atoms with Crippen molar-refractivity contribution >= 4 is 35.0 Å². The van der Waals surface area contributed by atoms with Crippen molar-refractivity contribution in [2.45, 2.75) is 42.6 Å². The van der Waals surface area contributed by atoms with Gasteiger partial charge in [0.25, 0.3) is 0 Å². The minimum absolute atomic E-state index is 0.123. The van der Waals surface area contributed by atoms with E-state index < -0.39 is 4.75 Å². The number of carbonyl (C=O) groups is 1. The molecule has 27 heavy (non-hydrogen) atoms. The number of allylic oxidation sites excluding steroid dienone is 2. The first-order valence-electron chi connectivity index (χ1n) is 8.95. The molecule has 2 atom stereocenters. The van der Waals surface area contributed by atoms with Gasteiger partial charge < -0.3 is 5.32 Å². The quantitative estimate of drug-likeness (QED) is 0.477. The van der Waals surface area contributed by atoms with Gasteiger partial charge in [-0.1, -0.05) is 41.5 Å². The van der Waals surface area contributed by atoms with Crippen LogP contribution < -0.4 is 5.32 Å². The first kappa shape index (κ1) is 20.0. The van der Waals surface area contributed by atoms with Crippen LogP contribution >= 0.6 is 23.4 Å². The number of hydrogen-bond donors (Lipinski definition) is 1. The number of rotatable bonds is 5. The first-order valence-corrected chi connectivity index (χ1v) is 10.4. The fourth-order valence-electron chi connectivity index (χ4n) is 3.25. The monoisotopic (exact) mass is 403 g/mol. The number of nitrogens with one attached hydrogen (secondary N) is 1. The molecular formula is C22H23ClFNOS. The Labute approximate surface area is 169 Å². The molecule has 2 aromatic rings. The maximum absolute atomic E-state index is 13.3. The van der Waals surface area contributed by atoms with E-state index in [1.54, 1.807) is 23.9 Å². The van der Waals surface area contributed by atoms with Crippen molar-refractivity contribution in [1.29, 1.82) is 0 Å². The SMILES string of the molecule is CC1=C(C)C[C@](SCc2ccccc2)(C(=O)Nc2ccc(F)cc2)[C@@H](Cl)C1. The van der Waals surface area contributed by atoms with Gasteiger partial charge in [-0.05, 0) is 56.5 Å². The van der Waals surface area contributed by atoms with Crippen LogP contribution in [0.1, 0.15) is 32.3 Å². The normalized spacial score (nSPS) is 22.6. The third kappa shape index (κ3) is 4.56. The molecule has 2 aromatic carbocycles. The van der Waals surface area contributed by atoms with Crippen molar-refractivity contribution in [3.05, 3.63) is 77.1 Å². The number of hydrogen-bond acceptors (Lipinski definition) is 2. The van der Waals surface area contributed by atoms with Crippen LogP contribution in [0, 0.1) is 5.82 Å². The van der Waals surface area contributed by atoms with Crippen molar-refractivity contribution < 1.29 is 9.18 Å². The van der Waals surface area contributed by atoms with Gasteiger partial charge in [-0.2, -0.15) is 0 Å². The lowest BCUT2D eigenvalue weighted by Crippen LogP contribution is -2.49. The Morgan fingerprint density at radius 1 is 1.15 bits per heavy atom. The molecule has 1 aliphatic rings. The van der Waals surface area contributed by atoms with E-state index in [0.29, 0.717) is 24.3 Å². The van der Waals surface area contributed by atoms with Crippen LogP contribution in [0.3, 0.4) is 0 Å². The Morgan fingerprint density at radius 2 is 1.81 bits per heavy atom. The van der Waals surface area contributed by atoms with Gasteiger partial charge in [-0.3, -0.25) is 4.79 Å². The summed E-state index contributed by atoms with van der Waals surface area (Å²) in [5.74, 6) is 0.248. The zero-order chi connectivity index (χ0) is 19.4. The second-order valence-electron chi connectivity index (χ2n) is 7.03. The fourth-order valence-corrected chi connectivity index (χ4v) is 5.23. The number of carbonyl (C=O) groups excluding carboxylic acids is 1. The molecule has 0 unspecified atom stereocenters. The topological polar surface area (TPSA) is 29.1 Å². The highest BCUT2D eigenvalue weighted by molar-refractivity contribution is 8.00. The molecule has 0 saturated carbocycles. The number of benzene rings is 2. The maximum atomic E-state index is 13.3. The summed E-state index contributed by atoms with van der Waals surface area (Å²) < 4.78 is 12.4. The predicted octanol–water partition coefficient (Wildman–Crippen LogP) is 6.17. The van der Waals surface area contributed by atoms with Crippen LogP contribution in [0.5, 0.6) is 0 Å². The Kier molecular flexibility index (Phi) is 6.28. The van der Waals surface area contributed by atoms with E-state index in [9.17, 15) is 9.18 Å². The molecule has 0 bridgehead atoms. The lowest BCUT2D eigenvalue weighted by Gasteiger charge is -2.40. The van der Waals surface area contributed by atoms with Gasteiger partial charge in [0.2, 0.25) is 5.91 Å². The molecule has 0 heterocycles. The first-order chi connectivity index (χ1) is 12.9. The zero-order valence-electron chi connectivity index (χ0n) is 15.5. The van der Waals surface area contributed by atoms with Crippen LogP contribution in [0.25, 0.3) is 0 Å². The summed E-state index contributed by atoms with van der Waals surface area (Å²) in [6, 6.07) is 15.9. The second-order valence-corrected chi connectivity index (χ2v) is 8.87. The Bertz CT molecular complexity index is 837. The molecule has 1 amide bonds. The van der Waals surface area contributed by atoms with Crippen LogP contribution in [-0.2, 0) is 10.5 Å². The van der Waals surface area contributed by atoms with E-state index >= 15 is 0 Å². The van der Waals surface area contributed by atoms with Crippen molar-refractivity contribution in [3.63, 3.8) is 0 Å². The minimum atomic E-state index is -0.768. The molecule has 0 spiro atoms. The molecule has 0 radical (unpaired) electrons. The summed E-state index contributed by atoms with van der Waals surface area (Å²) in [5, 5.41) is 2.64.